The third-order valence-electron chi connectivity index (χ3n) is 1.36. The van der Waals surface area contributed by atoms with Gasteiger partial charge in [0.15, 0.2) is 0 Å². The minimum Gasteiger partial charge on any atom is -0.463 e. The van der Waals surface area contributed by atoms with Crippen LogP contribution in [0.25, 0.3) is 0 Å². The van der Waals surface area contributed by atoms with Crippen molar-refractivity contribution in [3.05, 3.63) is 0 Å². The number of hydrogen-bond acceptors (Lipinski definition) is 3. The summed E-state index contributed by atoms with van der Waals surface area (Å²) in [5.74, 6) is -0.0463. The minimum atomic E-state index is -0.213. The summed E-state index contributed by atoms with van der Waals surface area (Å²) in [4.78, 5) is 19.5. The van der Waals surface area contributed by atoms with Crippen molar-refractivity contribution in [1.29, 1.82) is 0 Å². The quantitative estimate of drug-likeness (QED) is 0.553. The molecule has 3 nitrogen and oxygen atoms in total. The molecule has 0 aromatic carbocycles. The highest BCUT2D eigenvalue weighted by atomic mass is 16.5. The van der Waals surface area contributed by atoms with Gasteiger partial charge in [-0.15, -0.1) is 0 Å². The molecule has 0 aliphatic carbocycles. The molecule has 0 saturated carbocycles. The molecule has 0 aliphatic rings. The van der Waals surface area contributed by atoms with Gasteiger partial charge in [0.05, 0.1) is 6.10 Å². The minimum absolute atomic E-state index is 0.0255. The molecule has 0 rings (SSSR count). The molecule has 0 amide bonds. The summed E-state index contributed by atoms with van der Waals surface area (Å²) in [6, 6.07) is 0. The number of ketones is 1. The number of hydrogen-bond donors (Lipinski definition) is 0. The van der Waals surface area contributed by atoms with Gasteiger partial charge < -0.3 is 9.53 Å². The van der Waals surface area contributed by atoms with E-state index in [9.17, 15) is 9.59 Å². The molecule has 0 unspecified atom stereocenters. The number of esters is 1. The molecule has 104 valence electrons. The molecule has 0 fully saturated rings. The zero-order valence-corrected chi connectivity index (χ0v) is 12.6. The number of ether oxygens (including phenoxy) is 1. The number of carbonyl (C=O) groups is 2. The molecule has 0 aromatic rings. The summed E-state index contributed by atoms with van der Waals surface area (Å²) in [6.45, 7) is 12.6. The molecule has 0 spiro atoms. The third-order valence-corrected chi connectivity index (χ3v) is 1.36. The smallest absolute Gasteiger partial charge is 0.302 e. The van der Waals surface area contributed by atoms with Gasteiger partial charge in [-0.05, 0) is 27.7 Å². The van der Waals surface area contributed by atoms with E-state index >= 15 is 0 Å². The zero-order chi connectivity index (χ0) is 14.3. The Bertz CT molecular complexity index is 166. The average Bonchev–Trinajstić information content (AvgIpc) is 2.12. The molecule has 17 heavy (non-hydrogen) atoms. The van der Waals surface area contributed by atoms with Crippen LogP contribution < -0.4 is 0 Å². The molecular weight excluding hydrogens is 216 g/mol. The fourth-order valence-electron chi connectivity index (χ4n) is 0.832. The predicted octanol–water partition coefficient (Wildman–Crippen LogP) is 4.14. The first-order chi connectivity index (χ1) is 7.77. The molecule has 0 heterocycles. The first-order valence-electron chi connectivity index (χ1n) is 6.42. The van der Waals surface area contributed by atoms with Gasteiger partial charge >= 0.3 is 5.97 Å². The van der Waals surface area contributed by atoms with Crippen LogP contribution in [0.2, 0.25) is 0 Å². The van der Waals surface area contributed by atoms with Gasteiger partial charge in [0.2, 0.25) is 0 Å². The molecule has 0 aromatic heterocycles. The highest BCUT2D eigenvalue weighted by molar-refractivity contribution is 5.72. The Morgan fingerprint density at radius 3 is 1.29 bits per heavy atom. The largest absolute Gasteiger partial charge is 0.463 e. The second kappa shape index (κ2) is 17.5. The Kier molecular flexibility index (Phi) is 22.1. The van der Waals surface area contributed by atoms with Crippen molar-refractivity contribution in [3.8, 4) is 0 Å². The number of carbonyl (C=O) groups excluding carboxylic acids is 2. The summed E-state index contributed by atoms with van der Waals surface area (Å²) >= 11 is 0. The molecule has 0 saturated heterocycles. The lowest BCUT2D eigenvalue weighted by Crippen LogP contribution is -2.06. The Hall–Kier alpha value is -0.860. The summed E-state index contributed by atoms with van der Waals surface area (Å²) in [5, 5.41) is 0. The summed E-state index contributed by atoms with van der Waals surface area (Å²) < 4.78 is 4.61. The predicted molar refractivity (Wildman–Crippen MR) is 73.1 cm³/mol. The molecule has 0 radical (unpaired) electrons. The van der Waals surface area contributed by atoms with E-state index in [0.29, 0.717) is 0 Å². The van der Waals surface area contributed by atoms with E-state index in [-0.39, 0.29) is 17.9 Å². The lowest BCUT2D eigenvalue weighted by Gasteiger charge is -2.01. The van der Waals surface area contributed by atoms with Crippen molar-refractivity contribution in [2.45, 2.75) is 80.3 Å². The highest BCUT2D eigenvalue weighted by Crippen LogP contribution is 1.95. The first-order valence-corrected chi connectivity index (χ1v) is 6.42. The van der Waals surface area contributed by atoms with E-state index < -0.39 is 0 Å². The average molecular weight is 246 g/mol. The van der Waals surface area contributed by atoms with Crippen LogP contribution in [0, 0.1) is 0 Å². The van der Waals surface area contributed by atoms with Crippen LogP contribution in [-0.2, 0) is 14.3 Å². The van der Waals surface area contributed by atoms with E-state index in [4.69, 9.17) is 0 Å². The molecule has 3 heteroatoms. The van der Waals surface area contributed by atoms with Crippen LogP contribution in [-0.4, -0.2) is 17.9 Å². The third kappa shape index (κ3) is 69.3. The van der Waals surface area contributed by atoms with Crippen molar-refractivity contribution >= 4 is 11.8 Å². The Morgan fingerprint density at radius 1 is 0.941 bits per heavy atom. The van der Waals surface area contributed by atoms with Crippen LogP contribution >= 0.6 is 0 Å². The maximum absolute atomic E-state index is 10.0. The van der Waals surface area contributed by atoms with E-state index in [2.05, 4.69) is 18.6 Å². The van der Waals surface area contributed by atoms with Crippen LogP contribution in [0.1, 0.15) is 74.1 Å². The molecular formula is C14H30O3. The normalized spacial score (nSPS) is 8.47. The summed E-state index contributed by atoms with van der Waals surface area (Å²) in [7, 11) is 0. The maximum Gasteiger partial charge on any atom is 0.302 e. The van der Waals surface area contributed by atoms with Gasteiger partial charge in [0.1, 0.15) is 5.78 Å². The van der Waals surface area contributed by atoms with Crippen molar-refractivity contribution in [1.82, 2.24) is 0 Å². The Morgan fingerprint density at radius 2 is 1.24 bits per heavy atom. The lowest BCUT2D eigenvalue weighted by atomic mass is 10.2. The Balaban J connectivity index is -0.000000180. The van der Waals surface area contributed by atoms with Crippen LogP contribution in [0.5, 0.6) is 0 Å². The summed E-state index contributed by atoms with van der Waals surface area (Å²) in [6.07, 6.45) is 5.56. The molecule has 0 atom stereocenters. The van der Waals surface area contributed by atoms with Gasteiger partial charge in [-0.2, -0.15) is 0 Å². The lowest BCUT2D eigenvalue weighted by molar-refractivity contribution is -0.144. The fraction of sp³-hybridized carbons (Fsp3) is 0.857. The van der Waals surface area contributed by atoms with Gasteiger partial charge in [0.25, 0.3) is 0 Å². The topological polar surface area (TPSA) is 43.4 Å². The number of unbranched alkanes of at least 4 members (excludes halogenated alkanes) is 3. The molecule has 0 aliphatic heterocycles. The second-order valence-electron chi connectivity index (χ2n) is 4.27. The molecule has 0 N–H and O–H groups in total. The fourth-order valence-corrected chi connectivity index (χ4v) is 0.832. The van der Waals surface area contributed by atoms with Crippen molar-refractivity contribution in [2.24, 2.45) is 0 Å². The van der Waals surface area contributed by atoms with Crippen molar-refractivity contribution < 1.29 is 14.3 Å². The Labute approximate surface area is 107 Å². The van der Waals surface area contributed by atoms with Gasteiger partial charge in [-0.3, -0.25) is 4.79 Å². The molecule has 0 bridgehead atoms. The SMILES string of the molecule is CC(=O)OC(C)C.CC(C)=O.CCCCCC. The zero-order valence-electron chi connectivity index (χ0n) is 12.6. The van der Waals surface area contributed by atoms with E-state index in [1.54, 1.807) is 0 Å². The van der Waals surface area contributed by atoms with Gasteiger partial charge in [0, 0.05) is 6.92 Å². The van der Waals surface area contributed by atoms with Crippen LogP contribution in [0.4, 0.5) is 0 Å². The van der Waals surface area contributed by atoms with Crippen molar-refractivity contribution in [3.63, 3.8) is 0 Å². The van der Waals surface area contributed by atoms with E-state index in [0.717, 1.165) is 0 Å². The standard InChI is InChI=1S/C6H14.C5H10O2.C3H6O/c1-3-5-6-4-2;1-4(2)7-5(3)6;1-3(2)4/h3-6H2,1-2H3;4H,1-3H3;1-2H3. The maximum atomic E-state index is 10.0. The number of Topliss-reactive ketones (excluding diaryl/α,β-unsaturated/α-hetero) is 1. The van der Waals surface area contributed by atoms with E-state index in [1.807, 2.05) is 13.8 Å². The number of rotatable bonds is 4. The van der Waals surface area contributed by atoms with Crippen molar-refractivity contribution in [2.75, 3.05) is 0 Å². The first kappa shape index (κ1) is 21.4. The second-order valence-corrected chi connectivity index (χ2v) is 4.27. The van der Waals surface area contributed by atoms with Gasteiger partial charge in [-0.1, -0.05) is 39.5 Å². The monoisotopic (exact) mass is 246 g/mol. The van der Waals surface area contributed by atoms with Crippen LogP contribution in [0.3, 0.4) is 0 Å². The van der Waals surface area contributed by atoms with Crippen LogP contribution in [0.15, 0.2) is 0 Å². The highest BCUT2D eigenvalue weighted by Gasteiger charge is 1.93. The van der Waals surface area contributed by atoms with Gasteiger partial charge in [-0.25, -0.2) is 0 Å². The van der Waals surface area contributed by atoms with E-state index in [1.165, 1.54) is 46.5 Å². The summed E-state index contributed by atoms with van der Waals surface area (Å²) in [5.41, 5.74) is 0.